The van der Waals surface area contributed by atoms with Crippen LogP contribution in [-0.2, 0) is 6.42 Å². The zero-order valence-electron chi connectivity index (χ0n) is 12.4. The predicted molar refractivity (Wildman–Crippen MR) is 91.9 cm³/mol. The average molecular weight is 318 g/mol. The number of ether oxygens (including phenoxy) is 1. The van der Waals surface area contributed by atoms with Crippen LogP contribution in [0.3, 0.4) is 0 Å². The van der Waals surface area contributed by atoms with E-state index in [1.807, 2.05) is 12.1 Å². The third-order valence-electron chi connectivity index (χ3n) is 3.10. The fraction of sp³-hybridized carbons (Fsp3) is 0.235. The molecule has 2 N–H and O–H groups in total. The first-order valence-electron chi connectivity index (χ1n) is 7.20. The van der Waals surface area contributed by atoms with Gasteiger partial charge in [0.1, 0.15) is 6.61 Å². The second-order valence-electron chi connectivity index (χ2n) is 4.71. The van der Waals surface area contributed by atoms with E-state index in [0.717, 1.165) is 12.1 Å². The van der Waals surface area contributed by atoms with E-state index < -0.39 is 0 Å². The maximum atomic E-state index is 13.3. The van der Waals surface area contributed by atoms with Crippen LogP contribution in [0.25, 0.3) is 0 Å². The van der Waals surface area contributed by atoms with Gasteiger partial charge < -0.3 is 15.4 Å². The van der Waals surface area contributed by atoms with Crippen LogP contribution in [0.4, 0.5) is 10.1 Å². The van der Waals surface area contributed by atoms with Crippen LogP contribution < -0.4 is 15.4 Å². The molecule has 2 rings (SSSR count). The van der Waals surface area contributed by atoms with Crippen LogP contribution in [0, 0.1) is 5.82 Å². The molecule has 0 atom stereocenters. The van der Waals surface area contributed by atoms with Crippen LogP contribution in [0.1, 0.15) is 12.5 Å². The SMILES string of the molecule is CCc1ccc(NC(=S)NCCOc2ccccc2F)cc1. The van der Waals surface area contributed by atoms with Crippen molar-refractivity contribution in [2.24, 2.45) is 0 Å². The highest BCUT2D eigenvalue weighted by Gasteiger charge is 2.01. The third-order valence-corrected chi connectivity index (χ3v) is 3.35. The molecule has 5 heteroatoms. The van der Waals surface area contributed by atoms with Crippen LogP contribution in [-0.4, -0.2) is 18.3 Å². The molecule has 0 aliphatic heterocycles. The highest BCUT2D eigenvalue weighted by atomic mass is 32.1. The molecule has 3 nitrogen and oxygen atoms in total. The first-order chi connectivity index (χ1) is 10.7. The molecule has 22 heavy (non-hydrogen) atoms. The third kappa shape index (κ3) is 5.00. The number of anilines is 1. The quantitative estimate of drug-likeness (QED) is 0.628. The average Bonchev–Trinajstić information content (AvgIpc) is 2.54. The van der Waals surface area contributed by atoms with Gasteiger partial charge in [-0.05, 0) is 48.5 Å². The number of thiocarbonyl (C=S) groups is 1. The molecule has 0 aliphatic carbocycles. The molecule has 0 unspecified atom stereocenters. The van der Waals surface area contributed by atoms with Gasteiger partial charge in [0, 0.05) is 5.69 Å². The summed E-state index contributed by atoms with van der Waals surface area (Å²) in [6, 6.07) is 14.4. The molecular formula is C17H19FN2OS. The van der Waals surface area contributed by atoms with Gasteiger partial charge in [0.25, 0.3) is 0 Å². The van der Waals surface area contributed by atoms with Gasteiger partial charge in [-0.3, -0.25) is 0 Å². The summed E-state index contributed by atoms with van der Waals surface area (Å²) in [5.41, 5.74) is 2.22. The molecule has 0 fully saturated rings. The van der Waals surface area contributed by atoms with Gasteiger partial charge in [-0.2, -0.15) is 0 Å². The van der Waals surface area contributed by atoms with Gasteiger partial charge in [-0.25, -0.2) is 4.39 Å². The van der Waals surface area contributed by atoms with Crippen LogP contribution in [0.5, 0.6) is 5.75 Å². The van der Waals surface area contributed by atoms with Crippen molar-refractivity contribution < 1.29 is 9.13 Å². The van der Waals surface area contributed by atoms with Gasteiger partial charge in [-0.15, -0.1) is 0 Å². The summed E-state index contributed by atoms with van der Waals surface area (Å²) < 4.78 is 18.7. The number of hydrogen-bond acceptors (Lipinski definition) is 2. The molecule has 0 saturated carbocycles. The fourth-order valence-electron chi connectivity index (χ4n) is 1.89. The van der Waals surface area contributed by atoms with Gasteiger partial charge >= 0.3 is 0 Å². The van der Waals surface area contributed by atoms with Gasteiger partial charge in [-0.1, -0.05) is 31.2 Å². The Labute approximate surface area is 135 Å². The monoisotopic (exact) mass is 318 g/mol. The number of benzene rings is 2. The van der Waals surface area contributed by atoms with Crippen LogP contribution >= 0.6 is 12.2 Å². The lowest BCUT2D eigenvalue weighted by atomic mass is 10.1. The van der Waals surface area contributed by atoms with Crippen molar-refractivity contribution in [1.29, 1.82) is 0 Å². The number of aryl methyl sites for hydroxylation is 1. The van der Waals surface area contributed by atoms with E-state index in [0.29, 0.717) is 18.3 Å². The highest BCUT2D eigenvalue weighted by molar-refractivity contribution is 7.80. The Kier molecular flexibility index (Phi) is 6.15. The summed E-state index contributed by atoms with van der Waals surface area (Å²) in [6.07, 6.45) is 1.01. The molecule has 2 aromatic carbocycles. The highest BCUT2D eigenvalue weighted by Crippen LogP contribution is 2.14. The first kappa shape index (κ1) is 16.2. The zero-order chi connectivity index (χ0) is 15.8. The predicted octanol–water partition coefficient (Wildman–Crippen LogP) is 3.75. The Morgan fingerprint density at radius 3 is 2.55 bits per heavy atom. The molecule has 0 aliphatic rings. The minimum atomic E-state index is -0.362. The number of hydrogen-bond donors (Lipinski definition) is 2. The van der Waals surface area contributed by atoms with Crippen LogP contribution in [0.15, 0.2) is 48.5 Å². The topological polar surface area (TPSA) is 33.3 Å². The van der Waals surface area contributed by atoms with Gasteiger partial charge in [0.15, 0.2) is 16.7 Å². The minimum Gasteiger partial charge on any atom is -0.489 e. The number of rotatable bonds is 6. The van der Waals surface area contributed by atoms with Crippen molar-refractivity contribution in [2.75, 3.05) is 18.5 Å². The van der Waals surface area contributed by atoms with E-state index in [1.165, 1.54) is 11.6 Å². The summed E-state index contributed by atoms with van der Waals surface area (Å²) in [5, 5.41) is 6.63. The molecule has 0 saturated heterocycles. The molecule has 0 heterocycles. The molecule has 0 bridgehead atoms. The van der Waals surface area contributed by atoms with Crippen molar-refractivity contribution in [3.63, 3.8) is 0 Å². The van der Waals surface area contributed by atoms with Crippen molar-refractivity contribution in [1.82, 2.24) is 5.32 Å². The molecule has 0 radical (unpaired) electrons. The van der Waals surface area contributed by atoms with E-state index >= 15 is 0 Å². The molecule has 0 amide bonds. The standard InChI is InChI=1S/C17H19FN2OS/c1-2-13-7-9-14(10-8-13)20-17(22)19-11-12-21-16-6-4-3-5-15(16)18/h3-10H,2,11-12H2,1H3,(H2,19,20,22). The van der Waals surface area contributed by atoms with Crippen molar-refractivity contribution >= 4 is 23.0 Å². The molecule has 0 spiro atoms. The van der Waals surface area contributed by atoms with Crippen molar-refractivity contribution in [3.05, 3.63) is 59.9 Å². The fourth-order valence-corrected chi connectivity index (χ4v) is 2.11. The summed E-state index contributed by atoms with van der Waals surface area (Å²) in [4.78, 5) is 0. The summed E-state index contributed by atoms with van der Waals surface area (Å²) in [6.45, 7) is 2.94. The Bertz CT molecular complexity index is 616. The van der Waals surface area contributed by atoms with Crippen molar-refractivity contribution in [2.45, 2.75) is 13.3 Å². The van der Waals surface area contributed by atoms with E-state index in [-0.39, 0.29) is 11.6 Å². The lowest BCUT2D eigenvalue weighted by Crippen LogP contribution is -2.32. The van der Waals surface area contributed by atoms with E-state index in [4.69, 9.17) is 17.0 Å². The van der Waals surface area contributed by atoms with E-state index in [2.05, 4.69) is 29.7 Å². The maximum Gasteiger partial charge on any atom is 0.170 e. The van der Waals surface area contributed by atoms with E-state index in [9.17, 15) is 4.39 Å². The first-order valence-corrected chi connectivity index (χ1v) is 7.61. The molecule has 2 aromatic rings. The Hall–Kier alpha value is -2.14. The second kappa shape index (κ2) is 8.34. The Morgan fingerprint density at radius 1 is 1.14 bits per heavy atom. The minimum absolute atomic E-state index is 0.248. The summed E-state index contributed by atoms with van der Waals surface area (Å²) >= 11 is 5.20. The summed E-state index contributed by atoms with van der Waals surface area (Å²) in [7, 11) is 0. The summed E-state index contributed by atoms with van der Waals surface area (Å²) in [5.74, 6) is -0.113. The van der Waals surface area contributed by atoms with Gasteiger partial charge in [0.05, 0.1) is 6.54 Å². The lowest BCUT2D eigenvalue weighted by molar-refractivity contribution is 0.306. The van der Waals surface area contributed by atoms with Crippen LogP contribution in [0.2, 0.25) is 0 Å². The number of halogens is 1. The Morgan fingerprint density at radius 2 is 1.86 bits per heavy atom. The van der Waals surface area contributed by atoms with E-state index in [1.54, 1.807) is 18.2 Å². The zero-order valence-corrected chi connectivity index (χ0v) is 13.3. The Balaban J connectivity index is 1.70. The smallest absolute Gasteiger partial charge is 0.170 e. The number of para-hydroxylation sites is 1. The largest absolute Gasteiger partial charge is 0.489 e. The molecular weight excluding hydrogens is 299 g/mol. The molecule has 0 aromatic heterocycles. The molecule has 116 valence electrons. The normalized spacial score (nSPS) is 10.1. The second-order valence-corrected chi connectivity index (χ2v) is 5.12. The number of nitrogens with one attached hydrogen (secondary N) is 2. The lowest BCUT2D eigenvalue weighted by Gasteiger charge is -2.12. The van der Waals surface area contributed by atoms with Gasteiger partial charge in [0.2, 0.25) is 0 Å². The van der Waals surface area contributed by atoms with Crippen molar-refractivity contribution in [3.8, 4) is 5.75 Å². The maximum absolute atomic E-state index is 13.3.